The molecule has 0 aliphatic rings. The van der Waals surface area contributed by atoms with E-state index in [1.807, 2.05) is 6.92 Å². The van der Waals surface area contributed by atoms with Gasteiger partial charge < -0.3 is 29.6 Å². The Kier molecular flexibility index (Phi) is 14.1. The van der Waals surface area contributed by atoms with Crippen LogP contribution in [0.25, 0.3) is 11.1 Å². The Morgan fingerprint density at radius 1 is 0.556 bits per heavy atom. The summed E-state index contributed by atoms with van der Waals surface area (Å²) in [6.07, 6.45) is 0. The van der Waals surface area contributed by atoms with Crippen LogP contribution in [0.3, 0.4) is 0 Å². The van der Waals surface area contributed by atoms with Crippen LogP contribution in [0.2, 0.25) is 15.1 Å². The van der Waals surface area contributed by atoms with Gasteiger partial charge in [-0.3, -0.25) is 19.2 Å². The van der Waals surface area contributed by atoms with Crippen molar-refractivity contribution in [3.8, 4) is 34.1 Å². The number of halogens is 3. The Hall–Kier alpha value is -5.57. The Morgan fingerprint density at radius 3 is 1.35 bits per heavy atom. The van der Waals surface area contributed by atoms with E-state index in [2.05, 4.69) is 31.1 Å². The fourth-order valence-electron chi connectivity index (χ4n) is 4.92. The van der Waals surface area contributed by atoms with Gasteiger partial charge in [-0.05, 0) is 67.8 Å². The number of hydrogen-bond donors (Lipinski definition) is 2. The summed E-state index contributed by atoms with van der Waals surface area (Å²) in [6, 6.07) is 12.9. The predicted octanol–water partition coefficient (Wildman–Crippen LogP) is 9.02. The van der Waals surface area contributed by atoms with E-state index in [1.165, 1.54) is 54.4 Å². The van der Waals surface area contributed by atoms with Gasteiger partial charge in [-0.1, -0.05) is 46.9 Å². The third-order valence-corrected chi connectivity index (χ3v) is 8.66. The molecule has 2 amide bonds. The summed E-state index contributed by atoms with van der Waals surface area (Å²) in [5.74, 6) is -1.21. The van der Waals surface area contributed by atoms with Gasteiger partial charge in [-0.2, -0.15) is 20.5 Å². The molecule has 0 aromatic heterocycles. The highest BCUT2D eigenvalue weighted by atomic mass is 35.5. The average molecular weight is 798 g/mol. The molecule has 0 saturated carbocycles. The molecule has 2 N–H and O–H groups in total. The zero-order chi connectivity index (χ0) is 39.7. The van der Waals surface area contributed by atoms with Gasteiger partial charge in [0.15, 0.2) is 11.6 Å². The van der Waals surface area contributed by atoms with Gasteiger partial charge in [-0.15, -0.1) is 0 Å². The van der Waals surface area contributed by atoms with Crippen molar-refractivity contribution >= 4 is 80.9 Å². The van der Waals surface area contributed by atoms with Crippen molar-refractivity contribution in [3.63, 3.8) is 0 Å². The molecule has 0 saturated heterocycles. The van der Waals surface area contributed by atoms with Crippen molar-refractivity contribution in [1.29, 1.82) is 0 Å². The van der Waals surface area contributed by atoms with E-state index in [-0.39, 0.29) is 43.6 Å². The Bertz CT molecular complexity index is 2010. The summed E-state index contributed by atoms with van der Waals surface area (Å²) in [5.41, 5.74) is 2.96. The first-order valence-corrected chi connectivity index (χ1v) is 17.0. The minimum Gasteiger partial charge on any atom is -0.496 e. The van der Waals surface area contributed by atoms with Gasteiger partial charge in [0.05, 0.1) is 54.9 Å². The molecule has 0 spiro atoms. The highest BCUT2D eigenvalue weighted by molar-refractivity contribution is 6.34. The first-order valence-electron chi connectivity index (χ1n) is 15.9. The SMILES string of the molecule is COc1cc(NC(=O)C(N=Nc2ccc(-c3ccc(N=NC(C(C)=O)C(=O)Nc4cc(OC)c(Cl)cc4OC)c(Cl)c3)cc2Cl)C(C)=O)c(OC)cc1C. The van der Waals surface area contributed by atoms with E-state index < -0.39 is 35.5 Å². The van der Waals surface area contributed by atoms with Crippen LogP contribution in [0.15, 0.2) is 81.1 Å². The smallest absolute Gasteiger partial charge is 0.258 e. The first-order chi connectivity index (χ1) is 25.7. The van der Waals surface area contributed by atoms with Crippen LogP contribution in [0, 0.1) is 6.92 Å². The van der Waals surface area contributed by atoms with Gasteiger partial charge in [0.25, 0.3) is 11.8 Å². The quantitative estimate of drug-likeness (QED) is 0.0884. The van der Waals surface area contributed by atoms with Gasteiger partial charge in [0.2, 0.25) is 12.1 Å². The van der Waals surface area contributed by atoms with Crippen molar-refractivity contribution in [1.82, 2.24) is 0 Å². The molecule has 282 valence electrons. The lowest BCUT2D eigenvalue weighted by Crippen LogP contribution is -2.32. The number of amides is 2. The van der Waals surface area contributed by atoms with Crippen LogP contribution in [0.1, 0.15) is 19.4 Å². The standard InChI is InChI=1S/C37H35Cl3N6O8/c1-18-12-32(53-6)28(16-30(18)51-4)41-36(49)34(19(2)47)45-43-26-10-8-21(13-23(26)38)22-9-11-27(24(39)14-22)44-46-35(20(3)48)37(50)42-29-17-31(52-5)25(40)15-33(29)54-7/h8-17,34-35H,1-7H3,(H,41,49)(H,42,50). The van der Waals surface area contributed by atoms with Crippen molar-refractivity contribution in [2.24, 2.45) is 20.5 Å². The number of carbonyl (C=O) groups is 4. The number of azo groups is 2. The molecule has 0 aliphatic heterocycles. The van der Waals surface area contributed by atoms with Crippen LogP contribution in [0.4, 0.5) is 22.7 Å². The molecule has 2 unspecified atom stereocenters. The van der Waals surface area contributed by atoms with Crippen molar-refractivity contribution in [3.05, 3.63) is 81.3 Å². The molecule has 0 heterocycles. The topological polar surface area (TPSA) is 179 Å². The zero-order valence-corrected chi connectivity index (χ0v) is 32.4. The maximum Gasteiger partial charge on any atom is 0.258 e. The summed E-state index contributed by atoms with van der Waals surface area (Å²) >= 11 is 19.2. The normalized spacial score (nSPS) is 12.3. The lowest BCUT2D eigenvalue weighted by molar-refractivity contribution is -0.127. The second-order valence-electron chi connectivity index (χ2n) is 11.5. The number of aryl methyl sites for hydroxylation is 1. The number of anilines is 2. The number of rotatable bonds is 15. The van der Waals surface area contributed by atoms with Gasteiger partial charge >= 0.3 is 0 Å². The number of methoxy groups -OCH3 is 4. The zero-order valence-electron chi connectivity index (χ0n) is 30.1. The molecule has 0 aliphatic carbocycles. The molecule has 4 aromatic rings. The highest BCUT2D eigenvalue weighted by Crippen LogP contribution is 2.38. The van der Waals surface area contributed by atoms with E-state index >= 15 is 0 Å². The molecule has 0 radical (unpaired) electrons. The van der Waals surface area contributed by atoms with Crippen molar-refractivity contribution < 1.29 is 38.1 Å². The minimum atomic E-state index is -1.50. The number of Topliss-reactive ketones (excluding diaryl/α,β-unsaturated/α-hetero) is 2. The Labute approximate surface area is 325 Å². The van der Waals surface area contributed by atoms with Crippen LogP contribution in [-0.4, -0.2) is 63.9 Å². The van der Waals surface area contributed by atoms with Crippen LogP contribution in [-0.2, 0) is 19.2 Å². The third-order valence-electron chi connectivity index (χ3n) is 7.76. The molecular weight excluding hydrogens is 763 g/mol. The summed E-state index contributed by atoms with van der Waals surface area (Å²) in [7, 11) is 5.76. The monoisotopic (exact) mass is 796 g/mol. The molecule has 54 heavy (non-hydrogen) atoms. The Morgan fingerprint density at radius 2 is 0.963 bits per heavy atom. The number of carbonyl (C=O) groups excluding carboxylic acids is 4. The minimum absolute atomic E-state index is 0.168. The first kappa shape index (κ1) is 41.2. The number of hydrogen-bond acceptors (Lipinski definition) is 12. The largest absolute Gasteiger partial charge is 0.496 e. The molecule has 17 heteroatoms. The molecule has 4 aromatic carbocycles. The van der Waals surface area contributed by atoms with Crippen LogP contribution < -0.4 is 29.6 Å². The van der Waals surface area contributed by atoms with E-state index in [4.69, 9.17) is 53.8 Å². The number of nitrogens with zero attached hydrogens (tertiary/aromatic N) is 4. The lowest BCUT2D eigenvalue weighted by atomic mass is 10.0. The second kappa shape index (κ2) is 18.5. The molecule has 0 fully saturated rings. The van der Waals surface area contributed by atoms with Crippen LogP contribution >= 0.6 is 34.8 Å². The third kappa shape index (κ3) is 9.89. The van der Waals surface area contributed by atoms with E-state index in [0.717, 1.165) is 5.56 Å². The number of ether oxygens (including phenoxy) is 4. The van der Waals surface area contributed by atoms with Crippen molar-refractivity contribution in [2.45, 2.75) is 32.9 Å². The van der Waals surface area contributed by atoms with Gasteiger partial charge in [0, 0.05) is 18.2 Å². The summed E-state index contributed by atoms with van der Waals surface area (Å²) in [6.45, 7) is 4.25. The average Bonchev–Trinajstić information content (AvgIpc) is 3.13. The maximum absolute atomic E-state index is 13.1. The summed E-state index contributed by atoms with van der Waals surface area (Å²) in [4.78, 5) is 51.0. The fraction of sp³-hybridized carbons (Fsp3) is 0.243. The summed E-state index contributed by atoms with van der Waals surface area (Å²) in [5, 5.41) is 22.0. The second-order valence-corrected chi connectivity index (χ2v) is 12.7. The molecule has 2 atom stereocenters. The highest BCUT2D eigenvalue weighted by Gasteiger charge is 2.26. The Balaban J connectivity index is 1.50. The van der Waals surface area contributed by atoms with Crippen molar-refractivity contribution in [2.75, 3.05) is 39.1 Å². The molecule has 0 bridgehead atoms. The van der Waals surface area contributed by atoms with E-state index in [1.54, 1.807) is 48.5 Å². The predicted molar refractivity (Wildman–Crippen MR) is 206 cm³/mol. The molecular formula is C37H35Cl3N6O8. The van der Waals surface area contributed by atoms with Gasteiger partial charge in [-0.25, -0.2) is 0 Å². The molecule has 14 nitrogen and oxygen atoms in total. The number of ketones is 2. The van der Waals surface area contributed by atoms with Crippen LogP contribution in [0.5, 0.6) is 23.0 Å². The molecule has 4 rings (SSSR count). The van der Waals surface area contributed by atoms with E-state index in [0.29, 0.717) is 28.3 Å². The number of nitrogens with one attached hydrogen (secondary N) is 2. The lowest BCUT2D eigenvalue weighted by Gasteiger charge is -2.15. The maximum atomic E-state index is 13.1. The summed E-state index contributed by atoms with van der Waals surface area (Å²) < 4.78 is 21.2. The number of benzene rings is 4. The fourth-order valence-corrected chi connectivity index (χ4v) is 5.59. The van der Waals surface area contributed by atoms with Gasteiger partial charge in [0.1, 0.15) is 34.4 Å². The van der Waals surface area contributed by atoms with E-state index in [9.17, 15) is 19.2 Å².